The molecule has 5 rings (SSSR count). The average Bonchev–Trinajstić information content (AvgIpc) is 3.37. The summed E-state index contributed by atoms with van der Waals surface area (Å²) in [5.74, 6) is 1.31. The molecule has 4 atom stereocenters. The standard InChI is InChI=1S/C22H29NO4/c1-3-9-21-18-14-6-7-15(24)19(18)27-20(21)16(25)8-10-22(21,26)17(11-14)23(2)12-13-4-5-13/h6-7,13,17,20,24,26H,3-5,8-12H2,1-2H3/t17?,20?,21-,22?/m1/s1. The molecule has 0 bridgehead atoms. The lowest BCUT2D eigenvalue weighted by molar-refractivity contribution is -0.170. The number of aliphatic hydroxyl groups is 1. The van der Waals surface area contributed by atoms with Gasteiger partial charge >= 0.3 is 0 Å². The number of rotatable bonds is 5. The molecule has 5 nitrogen and oxygen atoms in total. The highest BCUT2D eigenvalue weighted by Crippen LogP contribution is 2.63. The highest BCUT2D eigenvalue weighted by molar-refractivity contribution is 5.89. The number of likely N-dealkylation sites (N-methyl/N-ethyl adjacent to an activating group) is 1. The molecule has 0 amide bonds. The van der Waals surface area contributed by atoms with Crippen molar-refractivity contribution in [1.29, 1.82) is 0 Å². The van der Waals surface area contributed by atoms with E-state index in [0.29, 0.717) is 25.0 Å². The number of ketones is 1. The lowest BCUT2D eigenvalue weighted by Crippen LogP contribution is -2.72. The van der Waals surface area contributed by atoms with Crippen LogP contribution in [0, 0.1) is 5.92 Å². The molecular formula is C22H29NO4. The smallest absolute Gasteiger partial charge is 0.174 e. The molecule has 1 aliphatic heterocycles. The zero-order chi connectivity index (χ0) is 19.0. The normalized spacial score (nSPS) is 36.7. The molecule has 2 fully saturated rings. The number of carbonyl (C=O) groups excluding carboxylic acids is 1. The van der Waals surface area contributed by atoms with Gasteiger partial charge in [0.2, 0.25) is 0 Å². The van der Waals surface area contributed by atoms with Crippen molar-refractivity contribution in [3.05, 3.63) is 23.3 Å². The van der Waals surface area contributed by atoms with Gasteiger partial charge in [-0.3, -0.25) is 9.69 Å². The average molecular weight is 371 g/mol. The van der Waals surface area contributed by atoms with Crippen LogP contribution in [0.4, 0.5) is 0 Å². The maximum atomic E-state index is 12.9. The summed E-state index contributed by atoms with van der Waals surface area (Å²) in [6.45, 7) is 3.09. The molecule has 4 aliphatic rings. The van der Waals surface area contributed by atoms with Gasteiger partial charge in [-0.1, -0.05) is 19.4 Å². The van der Waals surface area contributed by atoms with Crippen LogP contribution in [0.5, 0.6) is 11.5 Å². The number of aromatic hydroxyl groups is 1. The summed E-state index contributed by atoms with van der Waals surface area (Å²) in [4.78, 5) is 15.2. The molecule has 0 radical (unpaired) electrons. The lowest BCUT2D eigenvalue weighted by Gasteiger charge is -2.58. The largest absolute Gasteiger partial charge is 0.504 e. The van der Waals surface area contributed by atoms with Crippen LogP contribution in [0.15, 0.2) is 12.1 Å². The third-order valence-electron chi connectivity index (χ3n) is 7.55. The van der Waals surface area contributed by atoms with Crippen molar-refractivity contribution in [2.75, 3.05) is 13.6 Å². The Morgan fingerprint density at radius 1 is 1.33 bits per heavy atom. The molecule has 146 valence electrons. The highest BCUT2D eigenvalue weighted by atomic mass is 16.5. The molecule has 3 aliphatic carbocycles. The summed E-state index contributed by atoms with van der Waals surface area (Å²) in [6.07, 6.45) is 4.95. The molecule has 2 saturated carbocycles. The second-order valence-electron chi connectivity index (χ2n) is 9.16. The first-order chi connectivity index (χ1) is 12.9. The fraction of sp³-hybridized carbons (Fsp3) is 0.682. The van der Waals surface area contributed by atoms with Crippen molar-refractivity contribution in [3.8, 4) is 11.5 Å². The van der Waals surface area contributed by atoms with E-state index >= 15 is 0 Å². The summed E-state index contributed by atoms with van der Waals surface area (Å²) in [5.41, 5.74) is 0.255. The first kappa shape index (κ1) is 17.5. The first-order valence-corrected chi connectivity index (χ1v) is 10.4. The van der Waals surface area contributed by atoms with Gasteiger partial charge in [-0.25, -0.2) is 0 Å². The van der Waals surface area contributed by atoms with Gasteiger partial charge in [-0.05, 0) is 56.7 Å². The highest BCUT2D eigenvalue weighted by Gasteiger charge is 2.70. The van der Waals surface area contributed by atoms with Gasteiger partial charge in [0.1, 0.15) is 0 Å². The molecule has 0 saturated heterocycles. The Bertz CT molecular complexity index is 804. The predicted octanol–water partition coefficient (Wildman–Crippen LogP) is 2.55. The van der Waals surface area contributed by atoms with E-state index in [2.05, 4.69) is 18.9 Å². The number of phenolic OH excluding ortho intramolecular Hbond substituents is 1. The third kappa shape index (κ3) is 2.16. The molecule has 0 spiro atoms. The molecule has 27 heavy (non-hydrogen) atoms. The monoisotopic (exact) mass is 371 g/mol. The van der Waals surface area contributed by atoms with Gasteiger partial charge < -0.3 is 14.9 Å². The number of nitrogens with zero attached hydrogens (tertiary/aromatic N) is 1. The van der Waals surface area contributed by atoms with Gasteiger partial charge in [0, 0.05) is 24.6 Å². The van der Waals surface area contributed by atoms with Crippen molar-refractivity contribution >= 4 is 5.78 Å². The van der Waals surface area contributed by atoms with Crippen LogP contribution in [0.3, 0.4) is 0 Å². The van der Waals surface area contributed by atoms with Crippen LogP contribution in [0.25, 0.3) is 0 Å². The second-order valence-corrected chi connectivity index (χ2v) is 9.16. The SMILES string of the molecule is CCC[C@@]12c3c4ccc(O)c3OC1C(=O)CCC2(O)C(N(C)CC1CC1)C4. The topological polar surface area (TPSA) is 70.0 Å². The Balaban J connectivity index is 1.71. The number of hydrogen-bond acceptors (Lipinski definition) is 5. The number of hydrogen-bond donors (Lipinski definition) is 2. The van der Waals surface area contributed by atoms with Crippen molar-refractivity contribution in [1.82, 2.24) is 4.90 Å². The van der Waals surface area contributed by atoms with Crippen LogP contribution in [0.2, 0.25) is 0 Å². The van der Waals surface area contributed by atoms with Gasteiger partial charge in [-0.2, -0.15) is 0 Å². The van der Waals surface area contributed by atoms with Crippen molar-refractivity contribution in [3.63, 3.8) is 0 Å². The Kier molecular flexibility index (Phi) is 3.70. The molecule has 0 aromatic heterocycles. The van der Waals surface area contributed by atoms with Crippen LogP contribution in [-0.4, -0.2) is 52.2 Å². The van der Waals surface area contributed by atoms with Crippen LogP contribution >= 0.6 is 0 Å². The number of benzene rings is 1. The minimum Gasteiger partial charge on any atom is -0.504 e. The predicted molar refractivity (Wildman–Crippen MR) is 101 cm³/mol. The quantitative estimate of drug-likeness (QED) is 0.832. The van der Waals surface area contributed by atoms with Crippen LogP contribution in [-0.2, 0) is 16.6 Å². The lowest BCUT2D eigenvalue weighted by atomic mass is 9.50. The Hall–Kier alpha value is -1.59. The Labute approximate surface area is 160 Å². The van der Waals surface area contributed by atoms with E-state index in [1.807, 2.05) is 6.07 Å². The van der Waals surface area contributed by atoms with Crippen molar-refractivity contribution in [2.45, 2.75) is 75.0 Å². The maximum absolute atomic E-state index is 12.9. The molecule has 2 N–H and O–H groups in total. The molecule has 3 unspecified atom stereocenters. The van der Waals surface area contributed by atoms with Gasteiger partial charge in [-0.15, -0.1) is 0 Å². The number of phenols is 1. The summed E-state index contributed by atoms with van der Waals surface area (Å²) in [5, 5.41) is 22.7. The Morgan fingerprint density at radius 3 is 2.81 bits per heavy atom. The zero-order valence-corrected chi connectivity index (χ0v) is 16.2. The Morgan fingerprint density at radius 2 is 2.11 bits per heavy atom. The minimum absolute atomic E-state index is 0.0353. The van der Waals surface area contributed by atoms with Gasteiger partial charge in [0.05, 0.1) is 11.0 Å². The fourth-order valence-corrected chi connectivity index (χ4v) is 6.26. The van der Waals surface area contributed by atoms with Gasteiger partial charge in [0.15, 0.2) is 23.4 Å². The van der Waals surface area contributed by atoms with E-state index in [9.17, 15) is 15.0 Å². The van der Waals surface area contributed by atoms with E-state index in [0.717, 1.165) is 36.4 Å². The number of ether oxygens (including phenoxy) is 1. The zero-order valence-electron chi connectivity index (χ0n) is 16.2. The molecule has 1 aromatic carbocycles. The van der Waals surface area contributed by atoms with Crippen molar-refractivity contribution in [2.24, 2.45) is 5.92 Å². The number of Topliss-reactive ketones (excluding diaryl/α,β-unsaturated/α-hetero) is 1. The summed E-state index contributed by atoms with van der Waals surface area (Å²) >= 11 is 0. The van der Waals surface area contributed by atoms with E-state index in [4.69, 9.17) is 4.74 Å². The van der Waals surface area contributed by atoms with Crippen LogP contribution in [0.1, 0.15) is 56.6 Å². The van der Waals surface area contributed by atoms with E-state index in [1.54, 1.807) is 6.07 Å². The second kappa shape index (κ2) is 5.71. The molecule has 1 aromatic rings. The van der Waals surface area contributed by atoms with Crippen LogP contribution < -0.4 is 4.74 Å². The van der Waals surface area contributed by atoms with E-state index in [-0.39, 0.29) is 17.6 Å². The molecule has 1 heterocycles. The van der Waals surface area contributed by atoms with Crippen molar-refractivity contribution < 1.29 is 19.7 Å². The third-order valence-corrected chi connectivity index (χ3v) is 7.55. The fourth-order valence-electron chi connectivity index (χ4n) is 6.26. The molecule has 5 heteroatoms. The molecular weight excluding hydrogens is 342 g/mol. The van der Waals surface area contributed by atoms with E-state index < -0.39 is 17.1 Å². The summed E-state index contributed by atoms with van der Waals surface area (Å²) in [7, 11) is 2.12. The van der Waals surface area contributed by atoms with Gasteiger partial charge in [0.25, 0.3) is 0 Å². The maximum Gasteiger partial charge on any atom is 0.174 e. The number of carbonyl (C=O) groups is 1. The minimum atomic E-state index is -1.02. The van der Waals surface area contributed by atoms with E-state index in [1.165, 1.54) is 12.8 Å². The summed E-state index contributed by atoms with van der Waals surface area (Å²) < 4.78 is 6.11. The first-order valence-electron chi connectivity index (χ1n) is 10.4. The summed E-state index contributed by atoms with van der Waals surface area (Å²) in [6, 6.07) is 3.61.